The summed E-state index contributed by atoms with van der Waals surface area (Å²) in [5, 5.41) is 0. The molecule has 0 bridgehead atoms. The summed E-state index contributed by atoms with van der Waals surface area (Å²) in [5.74, 6) is -1.06. The predicted octanol–water partition coefficient (Wildman–Crippen LogP) is 4.15. The molecule has 0 aliphatic carbocycles. The number of nitrogens with zero attached hydrogens (tertiary/aromatic N) is 1. The maximum atomic E-state index is 13.8. The molecule has 0 aliphatic heterocycles. The van der Waals surface area contributed by atoms with E-state index in [1.807, 2.05) is 26.0 Å². The number of hydrogen-bond acceptors (Lipinski definition) is 1. The van der Waals surface area contributed by atoms with Gasteiger partial charge in [-0.3, -0.25) is 4.98 Å². The van der Waals surface area contributed by atoms with Crippen molar-refractivity contribution in [3.63, 3.8) is 0 Å². The minimum Gasteiger partial charge on any atom is -0.253 e. The van der Waals surface area contributed by atoms with Crippen LogP contribution in [0.1, 0.15) is 25.1 Å². The Morgan fingerprint density at radius 3 is 2.44 bits per heavy atom. The normalized spacial score (nSPS) is 10.7. The molecule has 0 fully saturated rings. The highest BCUT2D eigenvalue weighted by Crippen LogP contribution is 2.24. The largest absolute Gasteiger partial charge is 0.253 e. The maximum Gasteiger partial charge on any atom is 0.135 e. The zero-order valence-electron chi connectivity index (χ0n) is 10.5. The molecule has 1 nitrogen and oxygen atoms in total. The molecule has 1 aromatic heterocycles. The van der Waals surface area contributed by atoms with Crippen molar-refractivity contribution in [1.29, 1.82) is 0 Å². The molecule has 94 valence electrons. The summed E-state index contributed by atoms with van der Waals surface area (Å²) in [5.41, 5.74) is 2.33. The number of hydrogen-bond donors (Lipinski definition) is 0. The van der Waals surface area contributed by atoms with Gasteiger partial charge in [0.05, 0.1) is 5.69 Å². The van der Waals surface area contributed by atoms with Gasteiger partial charge in [0.2, 0.25) is 0 Å². The minimum absolute atomic E-state index is 0.364. The molecule has 0 amide bonds. The van der Waals surface area contributed by atoms with Crippen LogP contribution in [0.5, 0.6) is 0 Å². The molecular formula is C15H15F2N. The van der Waals surface area contributed by atoms with E-state index in [0.29, 0.717) is 23.2 Å². The van der Waals surface area contributed by atoms with Gasteiger partial charge in [0.15, 0.2) is 0 Å². The lowest BCUT2D eigenvalue weighted by atomic mass is 10.0. The van der Waals surface area contributed by atoms with Gasteiger partial charge >= 0.3 is 0 Å². The van der Waals surface area contributed by atoms with Crippen LogP contribution in [0.3, 0.4) is 0 Å². The maximum absolute atomic E-state index is 13.8. The zero-order valence-corrected chi connectivity index (χ0v) is 10.5. The molecule has 1 heterocycles. The highest BCUT2D eigenvalue weighted by atomic mass is 19.1. The first kappa shape index (κ1) is 12.7. The van der Waals surface area contributed by atoms with E-state index < -0.39 is 11.6 Å². The molecule has 3 heteroatoms. The third kappa shape index (κ3) is 2.40. The van der Waals surface area contributed by atoms with Crippen molar-refractivity contribution in [2.75, 3.05) is 0 Å². The summed E-state index contributed by atoms with van der Waals surface area (Å²) in [7, 11) is 0. The number of halogens is 2. The Balaban J connectivity index is 2.55. The quantitative estimate of drug-likeness (QED) is 0.794. The smallest absolute Gasteiger partial charge is 0.135 e. The van der Waals surface area contributed by atoms with E-state index in [2.05, 4.69) is 4.98 Å². The molecule has 2 rings (SSSR count). The number of aromatic nitrogens is 1. The van der Waals surface area contributed by atoms with Gasteiger partial charge in [0.25, 0.3) is 0 Å². The third-order valence-electron chi connectivity index (χ3n) is 2.96. The standard InChI is InChI=1S/C15H15F2N/c1-3-10-8-12(14(17)9-13(10)16)15-7-5-6-11(4-2)18-15/h5-9H,3-4H2,1-2H3. The molecule has 0 saturated carbocycles. The van der Waals surface area contributed by atoms with E-state index in [-0.39, 0.29) is 0 Å². The van der Waals surface area contributed by atoms with Gasteiger partial charge in [-0.2, -0.15) is 0 Å². The molecule has 0 N–H and O–H groups in total. The van der Waals surface area contributed by atoms with Crippen LogP contribution in [0.15, 0.2) is 30.3 Å². The molecule has 0 unspecified atom stereocenters. The number of benzene rings is 1. The van der Waals surface area contributed by atoms with Gasteiger partial charge in [-0.05, 0) is 36.6 Å². The van der Waals surface area contributed by atoms with Crippen LogP contribution in [-0.2, 0) is 12.8 Å². The van der Waals surface area contributed by atoms with E-state index in [1.54, 1.807) is 12.1 Å². The molecule has 0 saturated heterocycles. The average molecular weight is 247 g/mol. The van der Waals surface area contributed by atoms with Crippen molar-refractivity contribution in [1.82, 2.24) is 4.98 Å². The topological polar surface area (TPSA) is 12.9 Å². The zero-order chi connectivity index (χ0) is 13.1. The summed E-state index contributed by atoms with van der Waals surface area (Å²) in [6.45, 7) is 3.83. The van der Waals surface area contributed by atoms with Gasteiger partial charge in [0.1, 0.15) is 11.6 Å². The SMILES string of the molecule is CCc1cccc(-c2cc(CC)c(F)cc2F)n1. The van der Waals surface area contributed by atoms with Crippen molar-refractivity contribution < 1.29 is 8.78 Å². The van der Waals surface area contributed by atoms with Crippen molar-refractivity contribution in [3.8, 4) is 11.3 Å². The van der Waals surface area contributed by atoms with Crippen LogP contribution in [0.2, 0.25) is 0 Å². The van der Waals surface area contributed by atoms with Crippen LogP contribution in [0.4, 0.5) is 8.78 Å². The van der Waals surface area contributed by atoms with Crippen LogP contribution < -0.4 is 0 Å². The molecule has 0 radical (unpaired) electrons. The highest BCUT2D eigenvalue weighted by molar-refractivity contribution is 5.61. The Hall–Kier alpha value is -1.77. The average Bonchev–Trinajstić information content (AvgIpc) is 2.39. The molecule has 2 aromatic rings. The summed E-state index contributed by atoms with van der Waals surface area (Å²) >= 11 is 0. The monoisotopic (exact) mass is 247 g/mol. The highest BCUT2D eigenvalue weighted by Gasteiger charge is 2.11. The molecular weight excluding hydrogens is 232 g/mol. The number of rotatable bonds is 3. The fourth-order valence-electron chi connectivity index (χ4n) is 1.89. The van der Waals surface area contributed by atoms with E-state index >= 15 is 0 Å². The first-order valence-corrected chi connectivity index (χ1v) is 6.10. The Labute approximate surface area is 105 Å². The fourth-order valence-corrected chi connectivity index (χ4v) is 1.89. The lowest BCUT2D eigenvalue weighted by Gasteiger charge is -2.08. The molecule has 0 atom stereocenters. The van der Waals surface area contributed by atoms with E-state index in [1.165, 1.54) is 0 Å². The van der Waals surface area contributed by atoms with E-state index in [9.17, 15) is 8.78 Å². The first-order valence-electron chi connectivity index (χ1n) is 6.10. The fraction of sp³-hybridized carbons (Fsp3) is 0.267. The molecule has 1 aromatic carbocycles. The Kier molecular flexibility index (Phi) is 3.70. The molecule has 18 heavy (non-hydrogen) atoms. The van der Waals surface area contributed by atoms with Crippen LogP contribution in [0.25, 0.3) is 11.3 Å². The summed E-state index contributed by atoms with van der Waals surface area (Å²) in [6, 6.07) is 7.97. The minimum atomic E-state index is -0.564. The Morgan fingerprint density at radius 1 is 1.00 bits per heavy atom. The van der Waals surface area contributed by atoms with Crippen molar-refractivity contribution >= 4 is 0 Å². The van der Waals surface area contributed by atoms with Crippen molar-refractivity contribution in [3.05, 3.63) is 53.2 Å². The second-order valence-electron chi connectivity index (χ2n) is 4.14. The van der Waals surface area contributed by atoms with Gasteiger partial charge in [0, 0.05) is 17.3 Å². The summed E-state index contributed by atoms with van der Waals surface area (Å²) in [6.07, 6.45) is 1.32. The Morgan fingerprint density at radius 2 is 1.78 bits per heavy atom. The molecule has 0 aliphatic rings. The van der Waals surface area contributed by atoms with E-state index in [0.717, 1.165) is 18.2 Å². The first-order chi connectivity index (χ1) is 8.65. The Bertz CT molecular complexity index is 564. The van der Waals surface area contributed by atoms with Gasteiger partial charge < -0.3 is 0 Å². The van der Waals surface area contributed by atoms with Gasteiger partial charge in [-0.1, -0.05) is 19.9 Å². The lowest BCUT2D eigenvalue weighted by molar-refractivity contribution is 0.575. The summed E-state index contributed by atoms with van der Waals surface area (Å²) < 4.78 is 27.2. The summed E-state index contributed by atoms with van der Waals surface area (Å²) in [4.78, 5) is 4.36. The lowest BCUT2D eigenvalue weighted by Crippen LogP contribution is -1.96. The van der Waals surface area contributed by atoms with Crippen LogP contribution in [0, 0.1) is 11.6 Å². The van der Waals surface area contributed by atoms with Crippen molar-refractivity contribution in [2.45, 2.75) is 26.7 Å². The number of pyridine rings is 1. The van der Waals surface area contributed by atoms with Crippen LogP contribution in [-0.4, -0.2) is 4.98 Å². The molecule has 0 spiro atoms. The number of aryl methyl sites for hydroxylation is 2. The van der Waals surface area contributed by atoms with E-state index in [4.69, 9.17) is 0 Å². The van der Waals surface area contributed by atoms with Crippen LogP contribution >= 0.6 is 0 Å². The predicted molar refractivity (Wildman–Crippen MR) is 68.3 cm³/mol. The van der Waals surface area contributed by atoms with Crippen molar-refractivity contribution in [2.24, 2.45) is 0 Å². The second-order valence-corrected chi connectivity index (χ2v) is 4.14. The third-order valence-corrected chi connectivity index (χ3v) is 2.96. The van der Waals surface area contributed by atoms with Gasteiger partial charge in [-0.25, -0.2) is 8.78 Å². The van der Waals surface area contributed by atoms with Gasteiger partial charge in [-0.15, -0.1) is 0 Å². The second kappa shape index (κ2) is 5.25.